The van der Waals surface area contributed by atoms with Gasteiger partial charge in [0.1, 0.15) is 5.78 Å². The van der Waals surface area contributed by atoms with Crippen molar-refractivity contribution in [1.29, 1.82) is 0 Å². The van der Waals surface area contributed by atoms with Crippen LogP contribution < -0.4 is 0 Å². The van der Waals surface area contributed by atoms with E-state index in [0.717, 1.165) is 32.5 Å². The van der Waals surface area contributed by atoms with E-state index in [9.17, 15) is 4.79 Å². The van der Waals surface area contributed by atoms with E-state index >= 15 is 0 Å². The number of nitrogens with zero attached hydrogens (tertiary/aromatic N) is 1. The van der Waals surface area contributed by atoms with Crippen LogP contribution in [0.5, 0.6) is 0 Å². The molecule has 0 aromatic heterocycles. The van der Waals surface area contributed by atoms with E-state index in [1.54, 1.807) is 6.92 Å². The standard InChI is InChI=1S/C16H23NO/c1-12-5-4-6-13(2)16(12)11-17-9-7-15(8-10-17)14(3)18/h4-6,15H,7-11H2,1-3H3. The first kappa shape index (κ1) is 13.3. The molecule has 2 nitrogen and oxygen atoms in total. The molecule has 2 rings (SSSR count). The summed E-state index contributed by atoms with van der Waals surface area (Å²) in [6.45, 7) is 9.24. The van der Waals surface area contributed by atoms with Gasteiger partial charge in [-0.1, -0.05) is 18.2 Å². The number of rotatable bonds is 3. The average molecular weight is 245 g/mol. The fourth-order valence-electron chi connectivity index (χ4n) is 2.82. The second-order valence-corrected chi connectivity index (χ2v) is 5.53. The van der Waals surface area contributed by atoms with Gasteiger partial charge in [-0.2, -0.15) is 0 Å². The highest BCUT2D eigenvalue weighted by molar-refractivity contribution is 5.78. The summed E-state index contributed by atoms with van der Waals surface area (Å²) >= 11 is 0. The number of hydrogen-bond donors (Lipinski definition) is 0. The zero-order valence-corrected chi connectivity index (χ0v) is 11.7. The first-order valence-electron chi connectivity index (χ1n) is 6.86. The first-order valence-corrected chi connectivity index (χ1v) is 6.86. The molecular formula is C16H23NO. The maximum atomic E-state index is 11.4. The largest absolute Gasteiger partial charge is 0.300 e. The lowest BCUT2D eigenvalue weighted by atomic mass is 9.92. The lowest BCUT2D eigenvalue weighted by molar-refractivity contribution is -0.122. The summed E-state index contributed by atoms with van der Waals surface area (Å²) in [5.41, 5.74) is 4.21. The summed E-state index contributed by atoms with van der Waals surface area (Å²) in [7, 11) is 0. The van der Waals surface area contributed by atoms with Gasteiger partial charge in [0.2, 0.25) is 0 Å². The van der Waals surface area contributed by atoms with Gasteiger partial charge in [0.15, 0.2) is 0 Å². The number of hydrogen-bond acceptors (Lipinski definition) is 2. The van der Waals surface area contributed by atoms with E-state index in [2.05, 4.69) is 36.9 Å². The van der Waals surface area contributed by atoms with Crippen LogP contribution in [0.2, 0.25) is 0 Å². The predicted octanol–water partition coefficient (Wildman–Crippen LogP) is 3.10. The SMILES string of the molecule is CC(=O)C1CCN(Cc2c(C)cccc2C)CC1. The van der Waals surface area contributed by atoms with Crippen molar-refractivity contribution in [3.63, 3.8) is 0 Å². The molecule has 0 unspecified atom stereocenters. The minimum absolute atomic E-state index is 0.305. The average Bonchev–Trinajstić information content (AvgIpc) is 2.34. The van der Waals surface area contributed by atoms with E-state index in [4.69, 9.17) is 0 Å². The van der Waals surface area contributed by atoms with Crippen LogP contribution in [0.3, 0.4) is 0 Å². The molecule has 98 valence electrons. The lowest BCUT2D eigenvalue weighted by Gasteiger charge is -2.31. The third-order valence-corrected chi connectivity index (χ3v) is 4.19. The third-order valence-electron chi connectivity index (χ3n) is 4.19. The van der Waals surface area contributed by atoms with Crippen molar-refractivity contribution in [2.24, 2.45) is 5.92 Å². The molecule has 1 aliphatic rings. The van der Waals surface area contributed by atoms with Crippen molar-refractivity contribution in [2.45, 2.75) is 40.2 Å². The van der Waals surface area contributed by atoms with Crippen molar-refractivity contribution in [2.75, 3.05) is 13.1 Å². The van der Waals surface area contributed by atoms with Gasteiger partial charge in [-0.3, -0.25) is 9.69 Å². The minimum Gasteiger partial charge on any atom is -0.300 e. The second-order valence-electron chi connectivity index (χ2n) is 5.53. The van der Waals surface area contributed by atoms with Crippen molar-refractivity contribution in [3.8, 4) is 0 Å². The van der Waals surface area contributed by atoms with Crippen LogP contribution in [-0.4, -0.2) is 23.8 Å². The number of ketones is 1. The van der Waals surface area contributed by atoms with Crippen molar-refractivity contribution in [1.82, 2.24) is 4.90 Å². The Morgan fingerprint density at radius 2 is 1.78 bits per heavy atom. The summed E-state index contributed by atoms with van der Waals surface area (Å²) in [6, 6.07) is 6.49. The zero-order valence-electron chi connectivity index (χ0n) is 11.7. The topological polar surface area (TPSA) is 20.3 Å². The van der Waals surface area contributed by atoms with Gasteiger partial charge in [-0.05, 0) is 63.4 Å². The molecular weight excluding hydrogens is 222 g/mol. The van der Waals surface area contributed by atoms with Gasteiger partial charge in [-0.15, -0.1) is 0 Å². The normalized spacial score (nSPS) is 17.9. The highest BCUT2D eigenvalue weighted by Crippen LogP contribution is 2.22. The Hall–Kier alpha value is -1.15. The number of benzene rings is 1. The molecule has 0 radical (unpaired) electrons. The smallest absolute Gasteiger partial charge is 0.133 e. The maximum Gasteiger partial charge on any atom is 0.133 e. The van der Waals surface area contributed by atoms with Crippen LogP contribution >= 0.6 is 0 Å². The molecule has 0 saturated carbocycles. The molecule has 0 aliphatic carbocycles. The van der Waals surface area contributed by atoms with Gasteiger partial charge < -0.3 is 0 Å². The Balaban J connectivity index is 1.98. The monoisotopic (exact) mass is 245 g/mol. The van der Waals surface area contributed by atoms with E-state index in [0.29, 0.717) is 11.7 Å². The van der Waals surface area contributed by atoms with Crippen LogP contribution in [0.1, 0.15) is 36.5 Å². The quantitative estimate of drug-likeness (QED) is 0.815. The van der Waals surface area contributed by atoms with Gasteiger partial charge >= 0.3 is 0 Å². The molecule has 0 N–H and O–H groups in total. The Morgan fingerprint density at radius 3 is 2.28 bits per heavy atom. The van der Waals surface area contributed by atoms with Crippen LogP contribution in [-0.2, 0) is 11.3 Å². The number of carbonyl (C=O) groups is 1. The fraction of sp³-hybridized carbons (Fsp3) is 0.562. The second kappa shape index (κ2) is 5.66. The molecule has 0 amide bonds. The van der Waals surface area contributed by atoms with Crippen molar-refractivity contribution < 1.29 is 4.79 Å². The van der Waals surface area contributed by atoms with Gasteiger partial charge in [-0.25, -0.2) is 0 Å². The molecule has 1 aromatic rings. The molecule has 1 aliphatic heterocycles. The van der Waals surface area contributed by atoms with Crippen molar-refractivity contribution in [3.05, 3.63) is 34.9 Å². The highest BCUT2D eigenvalue weighted by atomic mass is 16.1. The molecule has 1 fully saturated rings. The fourth-order valence-corrected chi connectivity index (χ4v) is 2.82. The first-order chi connectivity index (χ1) is 8.58. The lowest BCUT2D eigenvalue weighted by Crippen LogP contribution is -2.35. The predicted molar refractivity (Wildman–Crippen MR) is 74.6 cm³/mol. The molecule has 0 atom stereocenters. The maximum absolute atomic E-state index is 11.4. The number of piperidine rings is 1. The zero-order chi connectivity index (χ0) is 13.1. The van der Waals surface area contributed by atoms with Gasteiger partial charge in [0.25, 0.3) is 0 Å². The summed E-state index contributed by atoms with van der Waals surface area (Å²) in [4.78, 5) is 13.8. The summed E-state index contributed by atoms with van der Waals surface area (Å²) in [5.74, 6) is 0.668. The Morgan fingerprint density at radius 1 is 1.22 bits per heavy atom. The van der Waals surface area contributed by atoms with Crippen LogP contribution in [0.4, 0.5) is 0 Å². The van der Waals surface area contributed by atoms with Crippen LogP contribution in [0.15, 0.2) is 18.2 Å². The molecule has 1 saturated heterocycles. The summed E-state index contributed by atoms with van der Waals surface area (Å²) in [6.07, 6.45) is 2.06. The van der Waals surface area contributed by atoms with E-state index in [1.165, 1.54) is 16.7 Å². The number of carbonyl (C=O) groups excluding carboxylic acids is 1. The molecule has 1 aromatic carbocycles. The third kappa shape index (κ3) is 2.99. The molecule has 2 heteroatoms. The Labute approximate surface area is 110 Å². The van der Waals surface area contributed by atoms with E-state index in [1.807, 2.05) is 0 Å². The Kier molecular flexibility index (Phi) is 4.18. The number of Topliss-reactive ketones (excluding diaryl/α,β-unsaturated/α-hetero) is 1. The van der Waals surface area contributed by atoms with E-state index < -0.39 is 0 Å². The van der Waals surface area contributed by atoms with Gasteiger partial charge in [0.05, 0.1) is 0 Å². The molecule has 0 bridgehead atoms. The molecule has 18 heavy (non-hydrogen) atoms. The summed E-state index contributed by atoms with van der Waals surface area (Å²) in [5, 5.41) is 0. The van der Waals surface area contributed by atoms with Crippen molar-refractivity contribution >= 4 is 5.78 Å². The van der Waals surface area contributed by atoms with Crippen LogP contribution in [0, 0.1) is 19.8 Å². The summed E-state index contributed by atoms with van der Waals surface area (Å²) < 4.78 is 0. The molecule has 0 spiro atoms. The molecule has 1 heterocycles. The number of likely N-dealkylation sites (tertiary alicyclic amines) is 1. The highest BCUT2D eigenvalue weighted by Gasteiger charge is 2.22. The van der Waals surface area contributed by atoms with E-state index in [-0.39, 0.29) is 0 Å². The minimum atomic E-state index is 0.305. The van der Waals surface area contributed by atoms with Crippen LogP contribution in [0.25, 0.3) is 0 Å². The van der Waals surface area contributed by atoms with Gasteiger partial charge in [0, 0.05) is 12.5 Å². The number of aryl methyl sites for hydroxylation is 2. The Bertz CT molecular complexity index is 410.